The van der Waals surface area contributed by atoms with Crippen LogP contribution in [0.1, 0.15) is 31.2 Å². The monoisotopic (exact) mass is 236 g/mol. The van der Waals surface area contributed by atoms with Crippen LogP contribution >= 0.6 is 0 Å². The second kappa shape index (κ2) is 5.31. The van der Waals surface area contributed by atoms with Crippen molar-refractivity contribution in [3.63, 3.8) is 0 Å². The molecule has 0 radical (unpaired) electrons. The molecular weight excluding hydrogens is 216 g/mol. The van der Waals surface area contributed by atoms with E-state index in [1.165, 1.54) is 5.56 Å². The van der Waals surface area contributed by atoms with Crippen molar-refractivity contribution in [1.82, 2.24) is 20.4 Å². The Kier molecular flexibility index (Phi) is 3.78. The van der Waals surface area contributed by atoms with E-state index in [0.29, 0.717) is 5.92 Å². The summed E-state index contributed by atoms with van der Waals surface area (Å²) in [6.45, 7) is 3.86. The van der Waals surface area contributed by atoms with Crippen LogP contribution in [0, 0.1) is 0 Å². The summed E-state index contributed by atoms with van der Waals surface area (Å²) in [4.78, 5) is 11.6. The SMILES string of the molecule is CCn1cc(C2CCNC(C(=O)NC)C2)cn1. The predicted molar refractivity (Wildman–Crippen MR) is 65.7 cm³/mol. The van der Waals surface area contributed by atoms with Gasteiger partial charge in [-0.25, -0.2) is 0 Å². The molecule has 0 aliphatic carbocycles. The van der Waals surface area contributed by atoms with Crippen LogP contribution in [0.5, 0.6) is 0 Å². The number of aromatic nitrogens is 2. The van der Waals surface area contributed by atoms with Crippen molar-refractivity contribution in [3.05, 3.63) is 18.0 Å². The summed E-state index contributed by atoms with van der Waals surface area (Å²) in [5, 5.41) is 10.2. The molecule has 17 heavy (non-hydrogen) atoms. The molecule has 2 atom stereocenters. The molecule has 94 valence electrons. The Bertz CT molecular complexity index is 388. The van der Waals surface area contributed by atoms with E-state index in [1.807, 2.05) is 10.9 Å². The van der Waals surface area contributed by atoms with Gasteiger partial charge in [0.05, 0.1) is 12.2 Å². The minimum atomic E-state index is -0.0660. The molecule has 1 aromatic heterocycles. The Morgan fingerprint density at radius 3 is 3.18 bits per heavy atom. The molecule has 5 nitrogen and oxygen atoms in total. The molecule has 0 bridgehead atoms. The van der Waals surface area contributed by atoms with Crippen molar-refractivity contribution in [1.29, 1.82) is 0 Å². The van der Waals surface area contributed by atoms with Gasteiger partial charge in [-0.3, -0.25) is 9.48 Å². The summed E-state index contributed by atoms with van der Waals surface area (Å²) in [6, 6.07) is -0.0660. The lowest BCUT2D eigenvalue weighted by Crippen LogP contribution is -2.47. The fraction of sp³-hybridized carbons (Fsp3) is 0.667. The standard InChI is InChI=1S/C12H20N4O/c1-3-16-8-10(7-15-16)9-4-5-14-11(6-9)12(17)13-2/h7-9,11,14H,3-6H2,1-2H3,(H,13,17). The lowest BCUT2D eigenvalue weighted by Gasteiger charge is -2.28. The highest BCUT2D eigenvalue weighted by Gasteiger charge is 2.27. The van der Waals surface area contributed by atoms with Gasteiger partial charge < -0.3 is 10.6 Å². The summed E-state index contributed by atoms with van der Waals surface area (Å²) in [5.41, 5.74) is 1.25. The third-order valence-corrected chi connectivity index (χ3v) is 3.42. The molecule has 2 N–H and O–H groups in total. The third-order valence-electron chi connectivity index (χ3n) is 3.42. The summed E-state index contributed by atoms with van der Waals surface area (Å²) in [7, 11) is 1.68. The highest BCUT2D eigenvalue weighted by molar-refractivity contribution is 5.81. The van der Waals surface area contributed by atoms with Crippen molar-refractivity contribution >= 4 is 5.91 Å². The van der Waals surface area contributed by atoms with Crippen LogP contribution in [0.2, 0.25) is 0 Å². The molecule has 1 aromatic rings. The summed E-state index contributed by atoms with van der Waals surface area (Å²) in [5.74, 6) is 0.524. The number of rotatable bonds is 3. The molecular formula is C12H20N4O. The normalized spacial score (nSPS) is 24.6. The van der Waals surface area contributed by atoms with Crippen LogP contribution < -0.4 is 10.6 Å². The van der Waals surface area contributed by atoms with E-state index >= 15 is 0 Å². The zero-order chi connectivity index (χ0) is 12.3. The minimum Gasteiger partial charge on any atom is -0.358 e. The van der Waals surface area contributed by atoms with Gasteiger partial charge in [-0.05, 0) is 37.8 Å². The first kappa shape index (κ1) is 12.1. The Morgan fingerprint density at radius 1 is 1.71 bits per heavy atom. The lowest BCUT2D eigenvalue weighted by molar-refractivity contribution is -0.123. The molecule has 1 fully saturated rings. The fourth-order valence-corrected chi connectivity index (χ4v) is 2.36. The number of nitrogens with zero attached hydrogens (tertiary/aromatic N) is 2. The number of amides is 1. The van der Waals surface area contributed by atoms with Crippen LogP contribution in [0.4, 0.5) is 0 Å². The van der Waals surface area contributed by atoms with E-state index < -0.39 is 0 Å². The molecule has 2 unspecified atom stereocenters. The zero-order valence-electron chi connectivity index (χ0n) is 10.4. The van der Waals surface area contributed by atoms with Gasteiger partial charge in [0.25, 0.3) is 0 Å². The number of carbonyl (C=O) groups excluding carboxylic acids is 1. The summed E-state index contributed by atoms with van der Waals surface area (Å²) >= 11 is 0. The van der Waals surface area contributed by atoms with Gasteiger partial charge >= 0.3 is 0 Å². The van der Waals surface area contributed by atoms with Crippen LogP contribution in [0.15, 0.2) is 12.4 Å². The van der Waals surface area contributed by atoms with Crippen molar-refractivity contribution in [2.75, 3.05) is 13.6 Å². The van der Waals surface area contributed by atoms with E-state index in [4.69, 9.17) is 0 Å². The molecule has 2 heterocycles. The molecule has 1 saturated heterocycles. The third kappa shape index (κ3) is 2.66. The van der Waals surface area contributed by atoms with Crippen LogP contribution in [0.25, 0.3) is 0 Å². The highest BCUT2D eigenvalue weighted by atomic mass is 16.2. The number of carbonyl (C=O) groups is 1. The van der Waals surface area contributed by atoms with Gasteiger partial charge in [-0.2, -0.15) is 5.10 Å². The fourth-order valence-electron chi connectivity index (χ4n) is 2.36. The van der Waals surface area contributed by atoms with E-state index in [-0.39, 0.29) is 11.9 Å². The maximum absolute atomic E-state index is 11.6. The van der Waals surface area contributed by atoms with E-state index in [9.17, 15) is 4.79 Å². The van der Waals surface area contributed by atoms with Crippen molar-refractivity contribution < 1.29 is 4.79 Å². The van der Waals surface area contributed by atoms with Crippen molar-refractivity contribution in [2.45, 2.75) is 38.3 Å². The molecule has 2 rings (SSSR count). The first-order chi connectivity index (χ1) is 8.24. The number of hydrogen-bond donors (Lipinski definition) is 2. The summed E-state index contributed by atoms with van der Waals surface area (Å²) < 4.78 is 1.94. The second-order valence-electron chi connectivity index (χ2n) is 4.47. The molecule has 5 heteroatoms. The predicted octanol–water partition coefficient (Wildman–Crippen LogP) is 0.485. The number of aryl methyl sites for hydroxylation is 1. The van der Waals surface area contributed by atoms with Gasteiger partial charge in [-0.15, -0.1) is 0 Å². The maximum atomic E-state index is 11.6. The number of piperidine rings is 1. The van der Waals surface area contributed by atoms with Crippen LogP contribution in [-0.2, 0) is 11.3 Å². The zero-order valence-corrected chi connectivity index (χ0v) is 10.4. The van der Waals surface area contributed by atoms with Crippen LogP contribution in [0.3, 0.4) is 0 Å². The minimum absolute atomic E-state index is 0.0660. The average molecular weight is 236 g/mol. The van der Waals surface area contributed by atoms with E-state index in [2.05, 4.69) is 28.9 Å². The quantitative estimate of drug-likeness (QED) is 0.802. The topological polar surface area (TPSA) is 59.0 Å². The van der Waals surface area contributed by atoms with Gasteiger partial charge in [0.2, 0.25) is 5.91 Å². The Labute approximate surface area is 102 Å². The maximum Gasteiger partial charge on any atom is 0.236 e. The highest BCUT2D eigenvalue weighted by Crippen LogP contribution is 2.27. The van der Waals surface area contributed by atoms with Gasteiger partial charge in [-0.1, -0.05) is 0 Å². The first-order valence-electron chi connectivity index (χ1n) is 6.22. The number of hydrogen-bond acceptors (Lipinski definition) is 3. The molecule has 1 amide bonds. The molecule has 1 aliphatic heterocycles. The van der Waals surface area contributed by atoms with Gasteiger partial charge in [0.15, 0.2) is 0 Å². The number of likely N-dealkylation sites (N-methyl/N-ethyl adjacent to an activating group) is 1. The van der Waals surface area contributed by atoms with E-state index in [0.717, 1.165) is 25.9 Å². The second-order valence-corrected chi connectivity index (χ2v) is 4.47. The van der Waals surface area contributed by atoms with Crippen LogP contribution in [-0.4, -0.2) is 35.3 Å². The van der Waals surface area contributed by atoms with E-state index in [1.54, 1.807) is 7.05 Å². The molecule has 1 aliphatic rings. The Hall–Kier alpha value is -1.36. The number of nitrogens with one attached hydrogen (secondary N) is 2. The smallest absolute Gasteiger partial charge is 0.236 e. The Balaban J connectivity index is 2.04. The Morgan fingerprint density at radius 2 is 2.53 bits per heavy atom. The molecule has 0 aromatic carbocycles. The van der Waals surface area contributed by atoms with Gasteiger partial charge in [0, 0.05) is 19.8 Å². The largest absolute Gasteiger partial charge is 0.358 e. The van der Waals surface area contributed by atoms with Gasteiger partial charge in [0.1, 0.15) is 0 Å². The lowest BCUT2D eigenvalue weighted by atomic mass is 9.88. The van der Waals surface area contributed by atoms with Crippen molar-refractivity contribution in [2.24, 2.45) is 0 Å². The molecule has 0 spiro atoms. The first-order valence-corrected chi connectivity index (χ1v) is 6.22. The average Bonchev–Trinajstić information content (AvgIpc) is 2.86. The summed E-state index contributed by atoms with van der Waals surface area (Å²) in [6.07, 6.45) is 5.95. The molecule has 0 saturated carbocycles. The van der Waals surface area contributed by atoms with Crippen molar-refractivity contribution in [3.8, 4) is 0 Å².